The minimum atomic E-state index is -0.891. The van der Waals surface area contributed by atoms with Crippen LogP contribution in [0.4, 0.5) is 9.52 Å². The fourth-order valence-electron chi connectivity index (χ4n) is 2.18. The second-order valence-corrected chi connectivity index (χ2v) is 6.37. The molecule has 0 aliphatic carbocycles. The molecule has 0 atom stereocenters. The van der Waals surface area contributed by atoms with Crippen molar-refractivity contribution >= 4 is 28.3 Å². The van der Waals surface area contributed by atoms with Gasteiger partial charge in [-0.05, 0) is 19.1 Å². The third kappa shape index (κ3) is 4.31. The van der Waals surface area contributed by atoms with Crippen molar-refractivity contribution in [3.05, 3.63) is 70.9 Å². The van der Waals surface area contributed by atoms with E-state index in [1.807, 2.05) is 36.6 Å². The average Bonchev–Trinajstić information content (AvgIpc) is 3.09. The van der Waals surface area contributed by atoms with Gasteiger partial charge in [0.25, 0.3) is 5.91 Å². The van der Waals surface area contributed by atoms with Gasteiger partial charge < -0.3 is 4.74 Å². The molecule has 0 radical (unpaired) electrons. The topological polar surface area (TPSA) is 68.3 Å². The number of anilines is 1. The lowest BCUT2D eigenvalue weighted by molar-refractivity contribution is -0.119. The molecule has 0 aliphatic heterocycles. The molecule has 7 heteroatoms. The number of carbonyl (C=O) groups is 2. The normalized spacial score (nSPS) is 10.4. The number of halogens is 1. The summed E-state index contributed by atoms with van der Waals surface area (Å²) in [7, 11) is 0. The molecule has 2 aromatic carbocycles. The van der Waals surface area contributed by atoms with E-state index in [0.717, 1.165) is 22.9 Å². The van der Waals surface area contributed by atoms with Crippen LogP contribution in [0, 0.1) is 12.7 Å². The molecule has 0 spiro atoms. The summed E-state index contributed by atoms with van der Waals surface area (Å²) in [5.41, 5.74) is 2.62. The monoisotopic (exact) mass is 370 g/mol. The number of rotatable bonds is 5. The molecular formula is C19H15FN2O3S. The molecule has 1 amide bonds. The summed E-state index contributed by atoms with van der Waals surface area (Å²) in [6.07, 6.45) is 0. The Morgan fingerprint density at radius 1 is 1.15 bits per heavy atom. The lowest BCUT2D eigenvalue weighted by Crippen LogP contribution is -2.21. The number of hydrogen-bond acceptors (Lipinski definition) is 5. The zero-order valence-corrected chi connectivity index (χ0v) is 14.7. The third-order valence-corrected chi connectivity index (χ3v) is 4.28. The van der Waals surface area contributed by atoms with Crippen molar-refractivity contribution < 1.29 is 18.7 Å². The van der Waals surface area contributed by atoms with Crippen LogP contribution in [0.2, 0.25) is 0 Å². The smallest absolute Gasteiger partial charge is 0.341 e. The van der Waals surface area contributed by atoms with Crippen molar-refractivity contribution in [2.24, 2.45) is 0 Å². The van der Waals surface area contributed by atoms with Crippen LogP contribution in [-0.2, 0) is 9.53 Å². The molecule has 0 unspecified atom stereocenters. The zero-order chi connectivity index (χ0) is 18.5. The van der Waals surface area contributed by atoms with E-state index in [9.17, 15) is 14.0 Å². The summed E-state index contributed by atoms with van der Waals surface area (Å²) in [5, 5.41) is 4.78. The number of carbonyl (C=O) groups excluding carboxylic acids is 2. The molecule has 1 aromatic heterocycles. The fraction of sp³-hybridized carbons (Fsp3) is 0.105. The van der Waals surface area contributed by atoms with E-state index < -0.39 is 24.3 Å². The lowest BCUT2D eigenvalue weighted by atomic mass is 10.1. The molecule has 132 valence electrons. The summed E-state index contributed by atoms with van der Waals surface area (Å²) in [4.78, 5) is 28.0. The number of hydrogen-bond donors (Lipinski definition) is 1. The van der Waals surface area contributed by atoms with Crippen molar-refractivity contribution in [2.75, 3.05) is 11.9 Å². The number of thiazole rings is 1. The molecule has 3 aromatic rings. The van der Waals surface area contributed by atoms with E-state index in [1.165, 1.54) is 29.5 Å². The van der Waals surface area contributed by atoms with Gasteiger partial charge in [0.05, 0.1) is 11.3 Å². The molecule has 3 rings (SSSR count). The molecule has 0 saturated heterocycles. The highest BCUT2D eigenvalue weighted by molar-refractivity contribution is 7.14. The second-order valence-electron chi connectivity index (χ2n) is 5.51. The largest absolute Gasteiger partial charge is 0.452 e. The summed E-state index contributed by atoms with van der Waals surface area (Å²) in [6.45, 7) is 1.48. The maximum Gasteiger partial charge on any atom is 0.341 e. The number of esters is 1. The van der Waals surface area contributed by atoms with Gasteiger partial charge in [0.1, 0.15) is 5.82 Å². The molecule has 1 N–H and O–H groups in total. The van der Waals surface area contributed by atoms with E-state index in [1.54, 1.807) is 0 Å². The van der Waals surface area contributed by atoms with Crippen LogP contribution in [0.25, 0.3) is 11.3 Å². The highest BCUT2D eigenvalue weighted by Crippen LogP contribution is 2.25. The quantitative estimate of drug-likeness (QED) is 0.688. The van der Waals surface area contributed by atoms with Gasteiger partial charge in [-0.1, -0.05) is 42.0 Å². The number of nitrogens with zero attached hydrogens (tertiary/aromatic N) is 1. The predicted octanol–water partition coefficient (Wildman–Crippen LogP) is 4.05. The summed E-state index contributed by atoms with van der Waals surface area (Å²) >= 11 is 1.27. The zero-order valence-electron chi connectivity index (χ0n) is 13.9. The molecule has 0 fully saturated rings. The third-order valence-electron chi connectivity index (χ3n) is 3.53. The van der Waals surface area contributed by atoms with Crippen LogP contribution >= 0.6 is 11.3 Å². The van der Waals surface area contributed by atoms with Crippen molar-refractivity contribution in [3.8, 4) is 11.3 Å². The maximum atomic E-state index is 13.5. The highest BCUT2D eigenvalue weighted by atomic mass is 32.1. The van der Waals surface area contributed by atoms with Gasteiger partial charge in [0.2, 0.25) is 0 Å². The van der Waals surface area contributed by atoms with E-state index in [2.05, 4.69) is 10.3 Å². The minimum Gasteiger partial charge on any atom is -0.452 e. The molecule has 0 saturated carbocycles. The highest BCUT2D eigenvalue weighted by Gasteiger charge is 2.15. The van der Waals surface area contributed by atoms with Gasteiger partial charge >= 0.3 is 5.97 Å². The van der Waals surface area contributed by atoms with E-state index in [-0.39, 0.29) is 5.56 Å². The lowest BCUT2D eigenvalue weighted by Gasteiger charge is -2.05. The Balaban J connectivity index is 1.56. The molecule has 1 heterocycles. The van der Waals surface area contributed by atoms with Crippen LogP contribution < -0.4 is 5.32 Å². The van der Waals surface area contributed by atoms with Gasteiger partial charge in [-0.25, -0.2) is 14.2 Å². The first-order valence-electron chi connectivity index (χ1n) is 7.77. The molecule has 5 nitrogen and oxygen atoms in total. The molecule has 26 heavy (non-hydrogen) atoms. The van der Waals surface area contributed by atoms with Gasteiger partial charge in [0.15, 0.2) is 11.7 Å². The second kappa shape index (κ2) is 7.88. The summed E-state index contributed by atoms with van der Waals surface area (Å²) < 4.78 is 18.3. The molecular weight excluding hydrogens is 355 g/mol. The first-order valence-corrected chi connectivity index (χ1v) is 8.65. The Hall–Kier alpha value is -3.06. The van der Waals surface area contributed by atoms with Crippen molar-refractivity contribution in [1.82, 2.24) is 4.98 Å². The Kier molecular flexibility index (Phi) is 5.38. The average molecular weight is 370 g/mol. The van der Waals surface area contributed by atoms with E-state index in [0.29, 0.717) is 5.13 Å². The van der Waals surface area contributed by atoms with Crippen LogP contribution in [0.3, 0.4) is 0 Å². The van der Waals surface area contributed by atoms with Crippen LogP contribution in [0.5, 0.6) is 0 Å². The predicted molar refractivity (Wildman–Crippen MR) is 97.6 cm³/mol. The van der Waals surface area contributed by atoms with Crippen LogP contribution in [-0.4, -0.2) is 23.5 Å². The Labute approximate surface area is 153 Å². The van der Waals surface area contributed by atoms with Gasteiger partial charge in [-0.2, -0.15) is 0 Å². The first kappa shape index (κ1) is 17.8. The number of nitrogens with one attached hydrogen (secondary N) is 1. The summed E-state index contributed by atoms with van der Waals surface area (Å²) in [5.74, 6) is -2.13. The standard InChI is InChI=1S/C19H15FN2O3S/c1-12-6-8-13(9-7-12)16-11-26-19(21-16)22-17(23)10-25-18(24)14-4-2-3-5-15(14)20/h2-9,11H,10H2,1H3,(H,21,22,23). The number of ether oxygens (including phenoxy) is 1. The minimum absolute atomic E-state index is 0.212. The van der Waals surface area contributed by atoms with Gasteiger partial charge in [-0.3, -0.25) is 10.1 Å². The molecule has 0 aliphatic rings. The number of amides is 1. The number of aryl methyl sites for hydroxylation is 1. The Morgan fingerprint density at radius 3 is 2.62 bits per heavy atom. The van der Waals surface area contributed by atoms with E-state index in [4.69, 9.17) is 4.74 Å². The number of benzene rings is 2. The SMILES string of the molecule is Cc1ccc(-c2csc(NC(=O)COC(=O)c3ccccc3F)n2)cc1. The van der Waals surface area contributed by atoms with Crippen molar-refractivity contribution in [3.63, 3.8) is 0 Å². The maximum absolute atomic E-state index is 13.5. The first-order chi connectivity index (χ1) is 12.5. The van der Waals surface area contributed by atoms with E-state index >= 15 is 0 Å². The Bertz CT molecular complexity index is 938. The van der Waals surface area contributed by atoms with Crippen LogP contribution in [0.1, 0.15) is 15.9 Å². The van der Waals surface area contributed by atoms with Crippen molar-refractivity contribution in [1.29, 1.82) is 0 Å². The fourth-order valence-corrected chi connectivity index (χ4v) is 2.91. The van der Waals surface area contributed by atoms with Crippen LogP contribution in [0.15, 0.2) is 53.9 Å². The van der Waals surface area contributed by atoms with Gasteiger partial charge in [-0.15, -0.1) is 11.3 Å². The molecule has 0 bridgehead atoms. The summed E-state index contributed by atoms with van der Waals surface area (Å²) in [6, 6.07) is 13.3. The Morgan fingerprint density at radius 2 is 1.88 bits per heavy atom. The van der Waals surface area contributed by atoms with Crippen molar-refractivity contribution in [2.45, 2.75) is 6.92 Å². The number of aromatic nitrogens is 1. The van der Waals surface area contributed by atoms with Gasteiger partial charge in [0, 0.05) is 10.9 Å².